The van der Waals surface area contributed by atoms with Gasteiger partial charge in [0.15, 0.2) is 0 Å². The average molecular weight is 291 g/mol. The fourth-order valence-electron chi connectivity index (χ4n) is 1.30. The van der Waals surface area contributed by atoms with Gasteiger partial charge in [-0.2, -0.15) is 0 Å². The molecule has 0 aliphatic carbocycles. The van der Waals surface area contributed by atoms with Crippen LogP contribution in [-0.2, 0) is 0 Å². The Morgan fingerprint density at radius 2 is 1.56 bits per heavy atom. The summed E-state index contributed by atoms with van der Waals surface area (Å²) in [5, 5.41) is 2.11. The number of halogens is 1. The summed E-state index contributed by atoms with van der Waals surface area (Å²) >= 11 is 5.24. The molecule has 0 aliphatic rings. The van der Waals surface area contributed by atoms with Gasteiger partial charge >= 0.3 is 0 Å². The Kier molecular flexibility index (Phi) is 4.25. The predicted octanol–water partition coefficient (Wildman–Crippen LogP) is 5.21. The second-order valence-corrected chi connectivity index (χ2v) is 5.09. The summed E-state index contributed by atoms with van der Waals surface area (Å²) in [6, 6.07) is 18.5. The molecule has 0 atom stereocenters. The maximum Gasteiger partial charge on any atom is 0.0247 e. The van der Waals surface area contributed by atoms with E-state index in [9.17, 15) is 0 Å². The van der Waals surface area contributed by atoms with Gasteiger partial charge in [0.05, 0.1) is 0 Å². The van der Waals surface area contributed by atoms with Crippen LogP contribution in [0.2, 0.25) is 0 Å². The van der Waals surface area contributed by atoms with E-state index in [1.165, 1.54) is 10.5 Å². The minimum absolute atomic E-state index is 1.12. The number of rotatable bonds is 3. The third kappa shape index (κ3) is 3.26. The normalized spacial score (nSPS) is 10.8. The van der Waals surface area contributed by atoms with Crippen molar-refractivity contribution in [1.82, 2.24) is 0 Å². The van der Waals surface area contributed by atoms with Crippen LogP contribution in [0.1, 0.15) is 5.56 Å². The second-order valence-electron chi connectivity index (χ2n) is 3.26. The van der Waals surface area contributed by atoms with Crippen molar-refractivity contribution in [2.45, 2.75) is 4.90 Å². The van der Waals surface area contributed by atoms with Crippen molar-refractivity contribution < 1.29 is 0 Å². The first-order valence-electron chi connectivity index (χ1n) is 4.99. The van der Waals surface area contributed by atoms with E-state index in [0.717, 1.165) is 4.47 Å². The van der Waals surface area contributed by atoms with Crippen molar-refractivity contribution in [1.29, 1.82) is 0 Å². The molecule has 0 radical (unpaired) electrons. The highest BCUT2D eigenvalue weighted by Gasteiger charge is 1.92. The van der Waals surface area contributed by atoms with Crippen LogP contribution in [0.25, 0.3) is 6.08 Å². The van der Waals surface area contributed by atoms with E-state index in [1.54, 1.807) is 11.8 Å². The molecular weight excluding hydrogens is 280 g/mol. The molecule has 0 saturated heterocycles. The molecule has 2 rings (SSSR count). The first-order valence-corrected chi connectivity index (χ1v) is 6.66. The maximum atomic E-state index is 3.52. The minimum Gasteiger partial charge on any atom is -0.0981 e. The topological polar surface area (TPSA) is 0 Å². The lowest BCUT2D eigenvalue weighted by molar-refractivity contribution is 1.47. The lowest BCUT2D eigenvalue weighted by atomic mass is 10.2. The highest BCUT2D eigenvalue weighted by atomic mass is 79.9. The highest BCUT2D eigenvalue weighted by molar-refractivity contribution is 9.10. The molecule has 0 N–H and O–H groups in total. The molecule has 0 amide bonds. The molecule has 0 aliphatic heterocycles. The zero-order valence-corrected chi connectivity index (χ0v) is 11.0. The summed E-state index contributed by atoms with van der Waals surface area (Å²) in [6.07, 6.45) is 2.11. The van der Waals surface area contributed by atoms with Crippen LogP contribution in [0.4, 0.5) is 0 Å². The zero-order chi connectivity index (χ0) is 11.2. The Labute approximate surface area is 109 Å². The van der Waals surface area contributed by atoms with Gasteiger partial charge in [0.1, 0.15) is 0 Å². The lowest BCUT2D eigenvalue weighted by Gasteiger charge is -1.97. The van der Waals surface area contributed by atoms with Gasteiger partial charge in [-0.25, -0.2) is 0 Å². The summed E-state index contributed by atoms with van der Waals surface area (Å²) in [5.41, 5.74) is 1.20. The Balaban J connectivity index is 2.03. The predicted molar refractivity (Wildman–Crippen MR) is 75.5 cm³/mol. The van der Waals surface area contributed by atoms with Crippen LogP contribution in [-0.4, -0.2) is 0 Å². The fourth-order valence-corrected chi connectivity index (χ4v) is 2.40. The highest BCUT2D eigenvalue weighted by Crippen LogP contribution is 2.22. The smallest absolute Gasteiger partial charge is 0.0247 e. The quantitative estimate of drug-likeness (QED) is 0.699. The van der Waals surface area contributed by atoms with E-state index in [4.69, 9.17) is 0 Å². The SMILES string of the molecule is Brc1ccccc1/C=C/Sc1ccccc1. The summed E-state index contributed by atoms with van der Waals surface area (Å²) in [6.45, 7) is 0. The molecule has 0 spiro atoms. The van der Waals surface area contributed by atoms with Gasteiger partial charge in [-0.05, 0) is 35.2 Å². The van der Waals surface area contributed by atoms with E-state index in [-0.39, 0.29) is 0 Å². The van der Waals surface area contributed by atoms with E-state index < -0.39 is 0 Å². The van der Waals surface area contributed by atoms with Crippen LogP contribution >= 0.6 is 27.7 Å². The van der Waals surface area contributed by atoms with Gasteiger partial charge in [-0.3, -0.25) is 0 Å². The Morgan fingerprint density at radius 1 is 0.875 bits per heavy atom. The van der Waals surface area contributed by atoms with Crippen molar-refractivity contribution in [2.24, 2.45) is 0 Å². The van der Waals surface area contributed by atoms with Crippen LogP contribution in [0.3, 0.4) is 0 Å². The van der Waals surface area contributed by atoms with Gasteiger partial charge in [0, 0.05) is 9.37 Å². The third-order valence-electron chi connectivity index (χ3n) is 2.10. The lowest BCUT2D eigenvalue weighted by Crippen LogP contribution is -1.72. The number of benzene rings is 2. The summed E-state index contributed by atoms with van der Waals surface area (Å²) in [5.74, 6) is 0. The largest absolute Gasteiger partial charge is 0.0981 e. The molecule has 0 aromatic heterocycles. The molecule has 0 nitrogen and oxygen atoms in total. The van der Waals surface area contributed by atoms with Crippen molar-refractivity contribution in [2.75, 3.05) is 0 Å². The molecule has 0 bridgehead atoms. The third-order valence-corrected chi connectivity index (χ3v) is 3.64. The first kappa shape index (κ1) is 11.5. The molecule has 2 heteroatoms. The van der Waals surface area contributed by atoms with Gasteiger partial charge in [0.25, 0.3) is 0 Å². The van der Waals surface area contributed by atoms with Crippen molar-refractivity contribution in [3.05, 3.63) is 70.0 Å². The van der Waals surface area contributed by atoms with Crippen LogP contribution in [0.15, 0.2) is 69.4 Å². The minimum atomic E-state index is 1.12. The molecule has 0 saturated carbocycles. The molecule has 0 unspecified atom stereocenters. The van der Waals surface area contributed by atoms with E-state index >= 15 is 0 Å². The molecule has 2 aromatic rings. The van der Waals surface area contributed by atoms with Gasteiger partial charge in [-0.1, -0.05) is 64.1 Å². The van der Waals surface area contributed by atoms with Gasteiger partial charge < -0.3 is 0 Å². The van der Waals surface area contributed by atoms with Crippen molar-refractivity contribution >= 4 is 33.8 Å². The Morgan fingerprint density at radius 3 is 2.31 bits per heavy atom. The standard InChI is InChI=1S/C14H11BrS/c15-14-9-5-4-6-12(14)10-11-16-13-7-2-1-3-8-13/h1-11H/b11-10+. The number of hydrogen-bond donors (Lipinski definition) is 0. The number of thioether (sulfide) groups is 1. The zero-order valence-electron chi connectivity index (χ0n) is 8.64. The Bertz CT molecular complexity index is 477. The van der Waals surface area contributed by atoms with E-state index in [0.29, 0.717) is 0 Å². The van der Waals surface area contributed by atoms with Gasteiger partial charge in [-0.15, -0.1) is 0 Å². The second kappa shape index (κ2) is 5.92. The molecule has 0 fully saturated rings. The fraction of sp³-hybridized carbons (Fsp3) is 0. The summed E-state index contributed by atoms with van der Waals surface area (Å²) < 4.78 is 1.12. The summed E-state index contributed by atoms with van der Waals surface area (Å²) in [7, 11) is 0. The van der Waals surface area contributed by atoms with Crippen LogP contribution in [0.5, 0.6) is 0 Å². The average Bonchev–Trinajstić information content (AvgIpc) is 2.33. The van der Waals surface area contributed by atoms with E-state index in [1.807, 2.05) is 24.3 Å². The van der Waals surface area contributed by atoms with Crippen molar-refractivity contribution in [3.63, 3.8) is 0 Å². The first-order chi connectivity index (χ1) is 7.86. The van der Waals surface area contributed by atoms with Crippen LogP contribution < -0.4 is 0 Å². The monoisotopic (exact) mass is 290 g/mol. The van der Waals surface area contributed by atoms with Gasteiger partial charge in [0.2, 0.25) is 0 Å². The van der Waals surface area contributed by atoms with E-state index in [2.05, 4.69) is 57.7 Å². The molecule has 0 heterocycles. The van der Waals surface area contributed by atoms with Crippen molar-refractivity contribution in [3.8, 4) is 0 Å². The van der Waals surface area contributed by atoms with Crippen LogP contribution in [0, 0.1) is 0 Å². The molecule has 80 valence electrons. The molecule has 16 heavy (non-hydrogen) atoms. The Hall–Kier alpha value is -0.990. The number of hydrogen-bond acceptors (Lipinski definition) is 1. The molecular formula is C14H11BrS. The maximum absolute atomic E-state index is 3.52. The summed E-state index contributed by atoms with van der Waals surface area (Å²) in [4.78, 5) is 1.26. The molecule has 2 aromatic carbocycles.